The zero-order chi connectivity index (χ0) is 22.3. The first kappa shape index (κ1) is 21.5. The van der Waals surface area contributed by atoms with Crippen molar-refractivity contribution in [3.05, 3.63) is 86.9 Å². The van der Waals surface area contributed by atoms with Gasteiger partial charge in [0.25, 0.3) is 5.91 Å². The van der Waals surface area contributed by atoms with Crippen molar-refractivity contribution in [3.8, 4) is 0 Å². The number of hydrogen-bond donors (Lipinski definition) is 2. The van der Waals surface area contributed by atoms with E-state index >= 15 is 0 Å². The van der Waals surface area contributed by atoms with Crippen LogP contribution in [0.2, 0.25) is 0 Å². The topological polar surface area (TPSA) is 58.2 Å². The molecule has 1 aliphatic heterocycles. The first-order chi connectivity index (χ1) is 14.6. The van der Waals surface area contributed by atoms with Crippen molar-refractivity contribution in [2.45, 2.75) is 39.5 Å². The first-order valence-electron chi connectivity index (χ1n) is 10.2. The highest BCUT2D eigenvalue weighted by molar-refractivity contribution is 9.10. The predicted octanol–water partition coefficient (Wildman–Crippen LogP) is 5.83. The lowest BCUT2D eigenvalue weighted by atomic mass is 9.68. The molecule has 31 heavy (non-hydrogen) atoms. The highest BCUT2D eigenvalue weighted by Crippen LogP contribution is 2.47. The molecular formula is C25H24BrFN2O2. The lowest BCUT2D eigenvalue weighted by Crippen LogP contribution is -2.39. The lowest BCUT2D eigenvalue weighted by Gasteiger charge is -2.39. The van der Waals surface area contributed by atoms with Gasteiger partial charge in [-0.1, -0.05) is 48.0 Å². The first-order valence-corrected chi connectivity index (χ1v) is 11.0. The Morgan fingerprint density at radius 1 is 1.16 bits per heavy atom. The standard InChI is InChI=1S/C25H24BrFN2O2/c1-14-21(24(31)29-18-9-5-8-17(27)11-18)22(15-6-4-7-16(26)10-15)23-19(28-14)12-25(2,3)13-20(23)30/h4-11,22,28H,12-13H2,1-3H3,(H,29,31)/t22-/m1/s1. The Labute approximate surface area is 189 Å². The van der Waals surface area contributed by atoms with Gasteiger partial charge in [-0.25, -0.2) is 4.39 Å². The summed E-state index contributed by atoms with van der Waals surface area (Å²) in [5.41, 5.74) is 3.77. The van der Waals surface area contributed by atoms with Crippen LogP contribution < -0.4 is 10.6 Å². The highest BCUT2D eigenvalue weighted by Gasteiger charge is 2.42. The summed E-state index contributed by atoms with van der Waals surface area (Å²) in [5.74, 6) is -1.23. The number of benzene rings is 2. The Hall–Kier alpha value is -2.73. The Morgan fingerprint density at radius 3 is 2.61 bits per heavy atom. The molecule has 4 rings (SSSR count). The van der Waals surface area contributed by atoms with Crippen LogP contribution in [-0.2, 0) is 9.59 Å². The normalized spacial score (nSPS) is 20.3. The van der Waals surface area contributed by atoms with E-state index in [2.05, 4.69) is 40.4 Å². The molecule has 2 aromatic carbocycles. The number of ketones is 1. The zero-order valence-electron chi connectivity index (χ0n) is 17.7. The average Bonchev–Trinajstić information content (AvgIpc) is 2.65. The zero-order valence-corrected chi connectivity index (χ0v) is 19.3. The number of nitrogens with one attached hydrogen (secondary N) is 2. The van der Waals surface area contributed by atoms with Gasteiger partial charge in [-0.05, 0) is 54.7 Å². The monoisotopic (exact) mass is 482 g/mol. The maximum absolute atomic E-state index is 13.6. The smallest absolute Gasteiger partial charge is 0.254 e. The number of amides is 1. The molecule has 6 heteroatoms. The van der Waals surface area contributed by atoms with Crippen LogP contribution in [0.3, 0.4) is 0 Å². The van der Waals surface area contributed by atoms with E-state index in [1.165, 1.54) is 12.1 Å². The predicted molar refractivity (Wildman–Crippen MR) is 123 cm³/mol. The van der Waals surface area contributed by atoms with E-state index in [0.717, 1.165) is 22.2 Å². The molecule has 0 saturated heterocycles. The summed E-state index contributed by atoms with van der Waals surface area (Å²) in [4.78, 5) is 26.7. The fourth-order valence-corrected chi connectivity index (χ4v) is 4.94. The SMILES string of the molecule is CC1=C(C(=O)Nc2cccc(F)c2)[C@@H](c2cccc(Br)c2)C2=C(CC(C)(C)CC2=O)N1. The Bertz CT molecular complexity index is 1150. The number of anilines is 1. The average molecular weight is 483 g/mol. The molecule has 0 aromatic heterocycles. The van der Waals surface area contributed by atoms with Gasteiger partial charge in [-0.15, -0.1) is 0 Å². The van der Waals surface area contributed by atoms with Crippen LogP contribution in [0.15, 0.2) is 75.5 Å². The number of dihydropyridines is 1. The van der Waals surface area contributed by atoms with Gasteiger partial charge in [0.2, 0.25) is 0 Å². The number of carbonyl (C=O) groups excluding carboxylic acids is 2. The lowest BCUT2D eigenvalue weighted by molar-refractivity contribution is -0.118. The van der Waals surface area contributed by atoms with Gasteiger partial charge in [-0.3, -0.25) is 9.59 Å². The van der Waals surface area contributed by atoms with Crippen LogP contribution >= 0.6 is 15.9 Å². The molecule has 0 saturated carbocycles. The molecule has 2 aliphatic rings. The van der Waals surface area contributed by atoms with Gasteiger partial charge in [0.1, 0.15) is 5.82 Å². The van der Waals surface area contributed by atoms with Crippen LogP contribution in [0.25, 0.3) is 0 Å². The van der Waals surface area contributed by atoms with E-state index in [0.29, 0.717) is 29.0 Å². The summed E-state index contributed by atoms with van der Waals surface area (Å²) in [5, 5.41) is 6.14. The number of rotatable bonds is 3. The second kappa shape index (κ2) is 8.08. The van der Waals surface area contributed by atoms with E-state index in [4.69, 9.17) is 0 Å². The molecular weight excluding hydrogens is 459 g/mol. The Kier molecular flexibility index (Phi) is 5.60. The van der Waals surface area contributed by atoms with E-state index in [1.807, 2.05) is 31.2 Å². The summed E-state index contributed by atoms with van der Waals surface area (Å²) in [6, 6.07) is 13.5. The van der Waals surface area contributed by atoms with Gasteiger partial charge >= 0.3 is 0 Å². The van der Waals surface area contributed by atoms with Crippen molar-refractivity contribution in [3.63, 3.8) is 0 Å². The molecule has 2 aromatic rings. The number of halogens is 2. The van der Waals surface area contributed by atoms with Gasteiger partial charge in [0, 0.05) is 45.0 Å². The van der Waals surface area contributed by atoms with Crippen molar-refractivity contribution in [1.29, 1.82) is 0 Å². The molecule has 0 bridgehead atoms. The molecule has 2 N–H and O–H groups in total. The van der Waals surface area contributed by atoms with Gasteiger partial charge in [-0.2, -0.15) is 0 Å². The molecule has 0 unspecified atom stereocenters. The molecule has 1 atom stereocenters. The largest absolute Gasteiger partial charge is 0.362 e. The van der Waals surface area contributed by atoms with Crippen LogP contribution in [0.5, 0.6) is 0 Å². The van der Waals surface area contributed by atoms with Crippen molar-refractivity contribution in [2.75, 3.05) is 5.32 Å². The molecule has 160 valence electrons. The summed E-state index contributed by atoms with van der Waals surface area (Å²) >= 11 is 3.51. The van der Waals surface area contributed by atoms with Crippen LogP contribution in [0, 0.1) is 11.2 Å². The van der Waals surface area contributed by atoms with E-state index in [9.17, 15) is 14.0 Å². The quantitative estimate of drug-likeness (QED) is 0.578. The fourth-order valence-electron chi connectivity index (χ4n) is 4.52. The highest BCUT2D eigenvalue weighted by atomic mass is 79.9. The minimum atomic E-state index is -0.495. The molecule has 0 fully saturated rings. The van der Waals surface area contributed by atoms with Crippen molar-refractivity contribution in [2.24, 2.45) is 5.41 Å². The van der Waals surface area contributed by atoms with Crippen molar-refractivity contribution in [1.82, 2.24) is 5.32 Å². The molecule has 0 radical (unpaired) electrons. The van der Waals surface area contributed by atoms with E-state index < -0.39 is 11.7 Å². The summed E-state index contributed by atoms with van der Waals surface area (Å²) in [7, 11) is 0. The third-order valence-corrected chi connectivity index (χ3v) is 6.24. The molecule has 1 heterocycles. The van der Waals surface area contributed by atoms with Crippen LogP contribution in [0.4, 0.5) is 10.1 Å². The third-order valence-electron chi connectivity index (χ3n) is 5.75. The second-order valence-corrected chi connectivity index (χ2v) is 9.87. The second-order valence-electron chi connectivity index (χ2n) is 8.95. The van der Waals surface area contributed by atoms with Crippen LogP contribution in [-0.4, -0.2) is 11.7 Å². The molecule has 0 spiro atoms. The van der Waals surface area contributed by atoms with E-state index in [-0.39, 0.29) is 17.1 Å². The van der Waals surface area contributed by atoms with Gasteiger partial charge in [0.15, 0.2) is 5.78 Å². The Balaban J connectivity index is 1.81. The summed E-state index contributed by atoms with van der Waals surface area (Å²) in [6.45, 7) is 6.01. The fraction of sp³-hybridized carbons (Fsp3) is 0.280. The number of Topliss-reactive ketones (excluding diaryl/α,β-unsaturated/α-hetero) is 1. The maximum Gasteiger partial charge on any atom is 0.254 e. The van der Waals surface area contributed by atoms with Crippen LogP contribution in [0.1, 0.15) is 45.1 Å². The van der Waals surface area contributed by atoms with Gasteiger partial charge < -0.3 is 10.6 Å². The van der Waals surface area contributed by atoms with Crippen molar-refractivity contribution >= 4 is 33.3 Å². The number of carbonyl (C=O) groups is 2. The third kappa shape index (κ3) is 4.35. The van der Waals surface area contributed by atoms with E-state index in [1.54, 1.807) is 12.1 Å². The summed E-state index contributed by atoms with van der Waals surface area (Å²) in [6.07, 6.45) is 1.16. The minimum Gasteiger partial charge on any atom is -0.362 e. The number of allylic oxidation sites excluding steroid dienone is 3. The number of hydrogen-bond acceptors (Lipinski definition) is 3. The van der Waals surface area contributed by atoms with Crippen molar-refractivity contribution < 1.29 is 14.0 Å². The van der Waals surface area contributed by atoms with Gasteiger partial charge in [0.05, 0.1) is 0 Å². The molecule has 1 aliphatic carbocycles. The molecule has 1 amide bonds. The minimum absolute atomic E-state index is 0.0484. The Morgan fingerprint density at radius 2 is 1.90 bits per heavy atom. The molecule has 4 nitrogen and oxygen atoms in total. The summed E-state index contributed by atoms with van der Waals surface area (Å²) < 4.78 is 14.5. The maximum atomic E-state index is 13.6.